The van der Waals surface area contributed by atoms with Gasteiger partial charge in [0.05, 0.1) is 13.2 Å². The van der Waals surface area contributed by atoms with Crippen molar-refractivity contribution >= 4 is 5.91 Å². The number of hydrogen-bond donors (Lipinski definition) is 1. The second kappa shape index (κ2) is 9.56. The van der Waals surface area contributed by atoms with E-state index in [9.17, 15) is 4.79 Å². The zero-order valence-corrected chi connectivity index (χ0v) is 13.3. The molecule has 1 N–H and O–H groups in total. The molecule has 1 aromatic carbocycles. The van der Waals surface area contributed by atoms with E-state index in [1.807, 2.05) is 30.3 Å². The summed E-state index contributed by atoms with van der Waals surface area (Å²) in [5.41, 5.74) is 1.08. The lowest BCUT2D eigenvalue weighted by atomic mass is 10.1. The summed E-state index contributed by atoms with van der Waals surface area (Å²) < 4.78 is 10.5. The first-order valence-corrected chi connectivity index (χ1v) is 7.87. The van der Waals surface area contributed by atoms with Crippen molar-refractivity contribution in [1.29, 1.82) is 0 Å². The molecule has 1 atom stereocenters. The zero-order chi connectivity index (χ0) is 15.6. The third-order valence-corrected chi connectivity index (χ3v) is 3.91. The van der Waals surface area contributed by atoms with Gasteiger partial charge in [-0.05, 0) is 24.4 Å². The quantitative estimate of drug-likeness (QED) is 0.747. The van der Waals surface area contributed by atoms with E-state index in [0.717, 1.165) is 44.8 Å². The van der Waals surface area contributed by atoms with Crippen molar-refractivity contribution in [2.45, 2.75) is 13.0 Å². The van der Waals surface area contributed by atoms with E-state index in [1.165, 1.54) is 0 Å². The first-order valence-electron chi connectivity index (χ1n) is 7.87. The van der Waals surface area contributed by atoms with Gasteiger partial charge in [0.25, 0.3) is 0 Å². The van der Waals surface area contributed by atoms with Crippen molar-refractivity contribution in [1.82, 2.24) is 10.2 Å². The van der Waals surface area contributed by atoms with Gasteiger partial charge in [-0.3, -0.25) is 4.79 Å². The van der Waals surface area contributed by atoms with Crippen LogP contribution in [0.1, 0.15) is 12.0 Å². The van der Waals surface area contributed by atoms with E-state index in [4.69, 9.17) is 9.47 Å². The Morgan fingerprint density at radius 1 is 1.36 bits per heavy atom. The number of carbonyl (C=O) groups excluding carboxylic acids is 1. The molecule has 5 nitrogen and oxygen atoms in total. The number of carbonyl (C=O) groups is 1. The average molecular weight is 306 g/mol. The maximum atomic E-state index is 11.8. The second-order valence-corrected chi connectivity index (χ2v) is 5.73. The molecule has 0 aliphatic carbocycles. The summed E-state index contributed by atoms with van der Waals surface area (Å²) in [6.07, 6.45) is 1.13. The molecule has 1 aliphatic heterocycles. The Morgan fingerprint density at radius 2 is 2.18 bits per heavy atom. The van der Waals surface area contributed by atoms with E-state index < -0.39 is 0 Å². The topological polar surface area (TPSA) is 50.8 Å². The molecule has 5 heteroatoms. The van der Waals surface area contributed by atoms with Gasteiger partial charge in [-0.1, -0.05) is 30.3 Å². The van der Waals surface area contributed by atoms with Crippen molar-refractivity contribution in [2.75, 3.05) is 46.5 Å². The fourth-order valence-corrected chi connectivity index (χ4v) is 2.65. The highest BCUT2D eigenvalue weighted by Crippen LogP contribution is 2.14. The SMILES string of the molecule is COCCN1CC[C@@H](CNC(=O)COCc2ccccc2)C1. The number of benzene rings is 1. The first-order chi connectivity index (χ1) is 10.8. The van der Waals surface area contributed by atoms with Crippen molar-refractivity contribution < 1.29 is 14.3 Å². The molecule has 1 aromatic rings. The van der Waals surface area contributed by atoms with E-state index in [-0.39, 0.29) is 12.5 Å². The van der Waals surface area contributed by atoms with Crippen LogP contribution in [0.2, 0.25) is 0 Å². The van der Waals surface area contributed by atoms with Gasteiger partial charge in [0, 0.05) is 26.7 Å². The second-order valence-electron chi connectivity index (χ2n) is 5.73. The third kappa shape index (κ3) is 6.13. The third-order valence-electron chi connectivity index (χ3n) is 3.91. The Hall–Kier alpha value is -1.43. The molecule has 0 unspecified atom stereocenters. The number of nitrogens with zero attached hydrogens (tertiary/aromatic N) is 1. The van der Waals surface area contributed by atoms with Gasteiger partial charge >= 0.3 is 0 Å². The highest BCUT2D eigenvalue weighted by molar-refractivity contribution is 5.77. The molecule has 122 valence electrons. The molecule has 1 heterocycles. The summed E-state index contributed by atoms with van der Waals surface area (Å²) in [6, 6.07) is 9.88. The summed E-state index contributed by atoms with van der Waals surface area (Å²) in [5.74, 6) is 0.501. The Kier molecular flexibility index (Phi) is 7.36. The van der Waals surface area contributed by atoms with Gasteiger partial charge in [-0.2, -0.15) is 0 Å². The van der Waals surface area contributed by atoms with Crippen LogP contribution in [0.25, 0.3) is 0 Å². The minimum atomic E-state index is -0.0359. The van der Waals surface area contributed by atoms with Crippen LogP contribution in [-0.4, -0.2) is 57.3 Å². The van der Waals surface area contributed by atoms with Crippen LogP contribution in [0, 0.1) is 5.92 Å². The summed E-state index contributed by atoms with van der Waals surface area (Å²) in [5, 5.41) is 2.97. The lowest BCUT2D eigenvalue weighted by molar-refractivity contribution is -0.126. The number of hydrogen-bond acceptors (Lipinski definition) is 4. The van der Waals surface area contributed by atoms with Crippen molar-refractivity contribution in [3.05, 3.63) is 35.9 Å². The summed E-state index contributed by atoms with van der Waals surface area (Å²) in [7, 11) is 1.73. The first kappa shape index (κ1) is 16.9. The van der Waals surface area contributed by atoms with Crippen LogP contribution in [0.15, 0.2) is 30.3 Å². The fourth-order valence-electron chi connectivity index (χ4n) is 2.65. The lowest BCUT2D eigenvalue weighted by Gasteiger charge is -2.15. The standard InChI is InChI=1S/C17H26N2O3/c1-21-10-9-19-8-7-16(12-19)11-18-17(20)14-22-13-15-5-3-2-4-6-15/h2-6,16H,7-14H2,1H3,(H,18,20)/t16-/m0/s1. The van der Waals surface area contributed by atoms with Gasteiger partial charge < -0.3 is 19.7 Å². The van der Waals surface area contributed by atoms with Crippen LogP contribution < -0.4 is 5.32 Å². The molecule has 1 saturated heterocycles. The number of amides is 1. The smallest absolute Gasteiger partial charge is 0.246 e. The molecule has 1 aliphatic rings. The maximum absolute atomic E-state index is 11.8. The highest BCUT2D eigenvalue weighted by atomic mass is 16.5. The number of nitrogens with one attached hydrogen (secondary N) is 1. The molecule has 0 saturated carbocycles. The van der Waals surface area contributed by atoms with Crippen LogP contribution in [-0.2, 0) is 20.9 Å². The Morgan fingerprint density at radius 3 is 2.95 bits per heavy atom. The Balaban J connectivity index is 1.54. The van der Waals surface area contributed by atoms with Gasteiger partial charge in [-0.25, -0.2) is 0 Å². The molecule has 1 fully saturated rings. The van der Waals surface area contributed by atoms with E-state index in [1.54, 1.807) is 7.11 Å². The number of likely N-dealkylation sites (tertiary alicyclic amines) is 1. The molecule has 2 rings (SSSR count). The molecular weight excluding hydrogens is 280 g/mol. The van der Waals surface area contributed by atoms with Crippen molar-refractivity contribution in [2.24, 2.45) is 5.92 Å². The summed E-state index contributed by atoms with van der Waals surface area (Å²) in [6.45, 7) is 5.20. The molecular formula is C17H26N2O3. The number of methoxy groups -OCH3 is 1. The summed E-state index contributed by atoms with van der Waals surface area (Å²) in [4.78, 5) is 14.2. The monoisotopic (exact) mass is 306 g/mol. The van der Waals surface area contributed by atoms with Crippen molar-refractivity contribution in [3.8, 4) is 0 Å². The zero-order valence-electron chi connectivity index (χ0n) is 13.3. The Labute approximate surface area is 132 Å². The maximum Gasteiger partial charge on any atom is 0.246 e. The average Bonchev–Trinajstić information content (AvgIpc) is 3.00. The van der Waals surface area contributed by atoms with Crippen LogP contribution >= 0.6 is 0 Å². The van der Waals surface area contributed by atoms with Crippen LogP contribution in [0.3, 0.4) is 0 Å². The normalized spacial score (nSPS) is 18.5. The molecule has 1 amide bonds. The van der Waals surface area contributed by atoms with E-state index in [0.29, 0.717) is 12.5 Å². The molecule has 0 aromatic heterocycles. The largest absolute Gasteiger partial charge is 0.383 e. The minimum Gasteiger partial charge on any atom is -0.383 e. The predicted molar refractivity (Wildman–Crippen MR) is 85.5 cm³/mol. The number of ether oxygens (including phenoxy) is 2. The van der Waals surface area contributed by atoms with Gasteiger partial charge in [0.2, 0.25) is 5.91 Å². The molecule has 22 heavy (non-hydrogen) atoms. The number of rotatable bonds is 9. The Bertz CT molecular complexity index is 439. The fraction of sp³-hybridized carbons (Fsp3) is 0.588. The molecule has 0 bridgehead atoms. The molecule has 0 spiro atoms. The lowest BCUT2D eigenvalue weighted by Crippen LogP contribution is -2.33. The molecule has 0 radical (unpaired) electrons. The minimum absolute atomic E-state index is 0.0359. The van der Waals surface area contributed by atoms with Gasteiger partial charge in [-0.15, -0.1) is 0 Å². The predicted octanol–water partition coefficient (Wildman–Crippen LogP) is 1.29. The van der Waals surface area contributed by atoms with Crippen molar-refractivity contribution in [3.63, 3.8) is 0 Å². The van der Waals surface area contributed by atoms with Gasteiger partial charge in [0.1, 0.15) is 6.61 Å². The van der Waals surface area contributed by atoms with Gasteiger partial charge in [0.15, 0.2) is 0 Å². The summed E-state index contributed by atoms with van der Waals surface area (Å²) >= 11 is 0. The van der Waals surface area contributed by atoms with Crippen LogP contribution in [0.4, 0.5) is 0 Å². The van der Waals surface area contributed by atoms with E-state index >= 15 is 0 Å². The highest BCUT2D eigenvalue weighted by Gasteiger charge is 2.22. The van der Waals surface area contributed by atoms with E-state index in [2.05, 4.69) is 10.2 Å². The van der Waals surface area contributed by atoms with Crippen LogP contribution in [0.5, 0.6) is 0 Å².